The molecular formula is C15H20N2O4. The summed E-state index contributed by atoms with van der Waals surface area (Å²) in [6.45, 7) is 6.59. The van der Waals surface area contributed by atoms with Crippen molar-refractivity contribution in [1.82, 2.24) is 5.32 Å². The molecular weight excluding hydrogens is 272 g/mol. The highest BCUT2D eigenvalue weighted by Gasteiger charge is 2.15. The number of benzene rings is 1. The molecule has 0 saturated heterocycles. The van der Waals surface area contributed by atoms with E-state index in [0.29, 0.717) is 11.3 Å². The Balaban J connectivity index is 2.52. The van der Waals surface area contributed by atoms with Crippen LogP contribution in [0.2, 0.25) is 0 Å². The van der Waals surface area contributed by atoms with Crippen molar-refractivity contribution >= 4 is 23.5 Å². The molecule has 21 heavy (non-hydrogen) atoms. The number of esters is 1. The van der Waals surface area contributed by atoms with Crippen LogP contribution in [0.5, 0.6) is 0 Å². The van der Waals surface area contributed by atoms with Gasteiger partial charge < -0.3 is 15.4 Å². The number of carbonyl (C=O) groups excluding carboxylic acids is 3. The van der Waals surface area contributed by atoms with Crippen LogP contribution in [0.3, 0.4) is 0 Å². The molecule has 0 aliphatic rings. The van der Waals surface area contributed by atoms with Gasteiger partial charge in [-0.15, -0.1) is 0 Å². The van der Waals surface area contributed by atoms with Gasteiger partial charge in [-0.05, 0) is 45.0 Å². The summed E-state index contributed by atoms with van der Waals surface area (Å²) < 4.78 is 4.92. The zero-order valence-corrected chi connectivity index (χ0v) is 12.6. The Hall–Kier alpha value is -2.37. The SMILES string of the molecule is CC(=O)Nc1ccc(C(=O)OCC(=O)NC(C)(C)C)cc1. The molecule has 0 atom stereocenters. The lowest BCUT2D eigenvalue weighted by molar-refractivity contribution is -0.125. The molecule has 0 heterocycles. The predicted molar refractivity (Wildman–Crippen MR) is 78.9 cm³/mol. The molecule has 0 unspecified atom stereocenters. The van der Waals surface area contributed by atoms with Crippen LogP contribution in [0, 0.1) is 0 Å². The number of carbonyl (C=O) groups is 3. The van der Waals surface area contributed by atoms with Gasteiger partial charge in [-0.1, -0.05) is 0 Å². The molecule has 0 bridgehead atoms. The first-order chi connectivity index (χ1) is 9.67. The van der Waals surface area contributed by atoms with E-state index in [-0.39, 0.29) is 24.0 Å². The summed E-state index contributed by atoms with van der Waals surface area (Å²) in [5, 5.41) is 5.28. The summed E-state index contributed by atoms with van der Waals surface area (Å²) in [5.41, 5.74) is 0.529. The molecule has 0 fully saturated rings. The number of nitrogens with one attached hydrogen (secondary N) is 2. The fourth-order valence-corrected chi connectivity index (χ4v) is 1.56. The average molecular weight is 292 g/mol. The summed E-state index contributed by atoms with van der Waals surface area (Å²) in [6, 6.07) is 6.23. The van der Waals surface area contributed by atoms with Crippen LogP contribution >= 0.6 is 0 Å². The van der Waals surface area contributed by atoms with Crippen molar-refractivity contribution in [3.05, 3.63) is 29.8 Å². The molecule has 2 N–H and O–H groups in total. The van der Waals surface area contributed by atoms with Gasteiger partial charge in [0.25, 0.3) is 5.91 Å². The second kappa shape index (κ2) is 6.88. The van der Waals surface area contributed by atoms with E-state index in [1.165, 1.54) is 19.1 Å². The van der Waals surface area contributed by atoms with Gasteiger partial charge in [0.1, 0.15) is 0 Å². The zero-order chi connectivity index (χ0) is 16.0. The maximum Gasteiger partial charge on any atom is 0.338 e. The van der Waals surface area contributed by atoms with Crippen LogP contribution in [-0.4, -0.2) is 29.9 Å². The average Bonchev–Trinajstić information content (AvgIpc) is 2.34. The largest absolute Gasteiger partial charge is 0.452 e. The molecule has 1 aromatic carbocycles. The van der Waals surface area contributed by atoms with E-state index < -0.39 is 5.97 Å². The molecule has 0 aromatic heterocycles. The molecule has 114 valence electrons. The van der Waals surface area contributed by atoms with Crippen molar-refractivity contribution in [3.8, 4) is 0 Å². The fraction of sp³-hybridized carbons (Fsp3) is 0.400. The van der Waals surface area contributed by atoms with Gasteiger partial charge in [0.2, 0.25) is 5.91 Å². The van der Waals surface area contributed by atoms with Crippen LogP contribution in [0.15, 0.2) is 24.3 Å². The second-order valence-electron chi connectivity index (χ2n) is 5.63. The normalized spacial score (nSPS) is 10.7. The minimum absolute atomic E-state index is 0.191. The first-order valence-electron chi connectivity index (χ1n) is 6.53. The van der Waals surface area contributed by atoms with Gasteiger partial charge in [-0.2, -0.15) is 0 Å². The standard InChI is InChI=1S/C15H20N2O4/c1-10(18)16-12-7-5-11(6-8-12)14(20)21-9-13(19)17-15(2,3)4/h5-8H,9H2,1-4H3,(H,16,18)(H,17,19). The molecule has 0 aliphatic carbocycles. The minimum Gasteiger partial charge on any atom is -0.452 e. The summed E-state index contributed by atoms with van der Waals surface area (Å²) in [5.74, 6) is -1.14. The molecule has 6 heteroatoms. The quantitative estimate of drug-likeness (QED) is 0.827. The van der Waals surface area contributed by atoms with E-state index in [1.807, 2.05) is 20.8 Å². The van der Waals surface area contributed by atoms with Gasteiger partial charge in [0, 0.05) is 18.2 Å². The van der Waals surface area contributed by atoms with E-state index >= 15 is 0 Å². The molecule has 0 radical (unpaired) electrons. The first-order valence-corrected chi connectivity index (χ1v) is 6.53. The highest BCUT2D eigenvalue weighted by atomic mass is 16.5. The van der Waals surface area contributed by atoms with E-state index in [4.69, 9.17) is 4.74 Å². The summed E-state index contributed by atoms with van der Waals surface area (Å²) in [7, 11) is 0. The van der Waals surface area contributed by atoms with Crippen molar-refractivity contribution in [1.29, 1.82) is 0 Å². The highest BCUT2D eigenvalue weighted by Crippen LogP contribution is 2.10. The summed E-state index contributed by atoms with van der Waals surface area (Å²) >= 11 is 0. The van der Waals surface area contributed by atoms with Crippen LogP contribution in [0.4, 0.5) is 5.69 Å². The lowest BCUT2D eigenvalue weighted by Crippen LogP contribution is -2.42. The Morgan fingerprint density at radius 2 is 1.67 bits per heavy atom. The van der Waals surface area contributed by atoms with E-state index in [9.17, 15) is 14.4 Å². The Morgan fingerprint density at radius 3 is 2.14 bits per heavy atom. The maximum atomic E-state index is 11.8. The van der Waals surface area contributed by atoms with Gasteiger partial charge in [0.15, 0.2) is 6.61 Å². The Labute approximate surface area is 123 Å². The molecule has 0 aliphatic heterocycles. The fourth-order valence-electron chi connectivity index (χ4n) is 1.56. The first kappa shape index (κ1) is 16.7. The van der Waals surface area contributed by atoms with Gasteiger partial charge in [0.05, 0.1) is 5.56 Å². The maximum absolute atomic E-state index is 11.8. The third kappa shape index (κ3) is 6.56. The van der Waals surface area contributed by atoms with Crippen molar-refractivity contribution in [3.63, 3.8) is 0 Å². The lowest BCUT2D eigenvalue weighted by atomic mass is 10.1. The van der Waals surface area contributed by atoms with Gasteiger partial charge >= 0.3 is 5.97 Å². The molecule has 0 saturated carbocycles. The molecule has 2 amide bonds. The van der Waals surface area contributed by atoms with E-state index in [1.54, 1.807) is 12.1 Å². The van der Waals surface area contributed by atoms with Crippen molar-refractivity contribution in [2.45, 2.75) is 33.2 Å². The lowest BCUT2D eigenvalue weighted by Gasteiger charge is -2.20. The van der Waals surface area contributed by atoms with Crippen molar-refractivity contribution in [2.24, 2.45) is 0 Å². The van der Waals surface area contributed by atoms with Crippen LogP contribution in [0.1, 0.15) is 38.1 Å². The van der Waals surface area contributed by atoms with Gasteiger partial charge in [-0.3, -0.25) is 9.59 Å². The van der Waals surface area contributed by atoms with E-state index in [2.05, 4.69) is 10.6 Å². The number of hydrogen-bond acceptors (Lipinski definition) is 4. The number of hydrogen-bond donors (Lipinski definition) is 2. The summed E-state index contributed by atoms with van der Waals surface area (Å²) in [4.78, 5) is 34.2. The number of rotatable bonds is 4. The topological polar surface area (TPSA) is 84.5 Å². The second-order valence-corrected chi connectivity index (χ2v) is 5.63. The van der Waals surface area contributed by atoms with Crippen LogP contribution in [-0.2, 0) is 14.3 Å². The number of anilines is 1. The number of ether oxygens (including phenoxy) is 1. The Bertz CT molecular complexity index is 530. The predicted octanol–water partition coefficient (Wildman–Crippen LogP) is 1.72. The smallest absolute Gasteiger partial charge is 0.338 e. The molecule has 0 spiro atoms. The minimum atomic E-state index is -0.589. The van der Waals surface area contributed by atoms with Crippen LogP contribution in [0.25, 0.3) is 0 Å². The number of amides is 2. The highest BCUT2D eigenvalue weighted by molar-refractivity contribution is 5.93. The van der Waals surface area contributed by atoms with Crippen molar-refractivity contribution < 1.29 is 19.1 Å². The molecule has 6 nitrogen and oxygen atoms in total. The Morgan fingerprint density at radius 1 is 1.10 bits per heavy atom. The third-order valence-corrected chi connectivity index (χ3v) is 2.29. The van der Waals surface area contributed by atoms with Crippen LogP contribution < -0.4 is 10.6 Å². The zero-order valence-electron chi connectivity index (χ0n) is 12.6. The summed E-state index contributed by atoms with van der Waals surface area (Å²) in [6.07, 6.45) is 0. The van der Waals surface area contributed by atoms with Crippen molar-refractivity contribution in [2.75, 3.05) is 11.9 Å². The third-order valence-electron chi connectivity index (χ3n) is 2.29. The molecule has 1 aromatic rings. The van der Waals surface area contributed by atoms with E-state index in [0.717, 1.165) is 0 Å². The monoisotopic (exact) mass is 292 g/mol. The molecule has 1 rings (SSSR count). The van der Waals surface area contributed by atoms with Gasteiger partial charge in [-0.25, -0.2) is 4.79 Å². The Kier molecular flexibility index (Phi) is 5.46.